The summed E-state index contributed by atoms with van der Waals surface area (Å²) in [7, 11) is 0. The van der Waals surface area contributed by atoms with Crippen molar-refractivity contribution < 1.29 is 4.79 Å². The van der Waals surface area contributed by atoms with Crippen LogP contribution in [0.2, 0.25) is 0 Å². The Balaban J connectivity index is 2.04. The molecule has 0 atom stereocenters. The molecule has 0 saturated carbocycles. The van der Waals surface area contributed by atoms with Crippen molar-refractivity contribution >= 4 is 12.0 Å². The molecule has 1 aliphatic heterocycles. The average Bonchev–Trinajstić information content (AvgIpc) is 2.63. The number of rotatable bonds is 2. The van der Waals surface area contributed by atoms with E-state index in [2.05, 4.69) is 31.2 Å². The zero-order valence-electron chi connectivity index (χ0n) is 8.94. The van der Waals surface area contributed by atoms with Crippen molar-refractivity contribution in [1.82, 2.24) is 4.90 Å². The van der Waals surface area contributed by atoms with Crippen LogP contribution in [-0.2, 0) is 4.79 Å². The molecule has 1 fully saturated rings. The number of amides is 1. The van der Waals surface area contributed by atoms with Gasteiger partial charge in [0.15, 0.2) is 0 Å². The molecule has 15 heavy (non-hydrogen) atoms. The molecule has 78 valence electrons. The summed E-state index contributed by atoms with van der Waals surface area (Å²) in [6.45, 7) is 2.93. The largest absolute Gasteiger partial charge is 0.319 e. The molecule has 0 spiro atoms. The zero-order valence-corrected chi connectivity index (χ0v) is 8.94. The van der Waals surface area contributed by atoms with Crippen LogP contribution in [0.15, 0.2) is 30.5 Å². The lowest BCUT2D eigenvalue weighted by Gasteiger charge is -2.08. The Hall–Kier alpha value is -1.57. The molecule has 1 amide bonds. The third kappa shape index (κ3) is 2.46. The van der Waals surface area contributed by atoms with Gasteiger partial charge >= 0.3 is 0 Å². The number of carbonyl (C=O) groups is 1. The summed E-state index contributed by atoms with van der Waals surface area (Å²) < 4.78 is 0. The van der Waals surface area contributed by atoms with E-state index in [1.54, 1.807) is 4.90 Å². The van der Waals surface area contributed by atoms with Crippen LogP contribution in [-0.4, -0.2) is 17.4 Å². The Bertz CT molecular complexity index is 378. The second-order valence-electron chi connectivity index (χ2n) is 3.92. The normalized spacial score (nSPS) is 16.6. The molecule has 0 bridgehead atoms. The van der Waals surface area contributed by atoms with Gasteiger partial charge in [-0.15, -0.1) is 0 Å². The first-order valence-corrected chi connectivity index (χ1v) is 5.30. The highest BCUT2D eigenvalue weighted by Gasteiger charge is 2.16. The highest BCUT2D eigenvalue weighted by molar-refractivity contribution is 5.79. The highest BCUT2D eigenvalue weighted by Crippen LogP contribution is 2.12. The molecule has 0 N–H and O–H groups in total. The molecule has 0 unspecified atom stereocenters. The van der Waals surface area contributed by atoms with Crippen LogP contribution in [0.3, 0.4) is 0 Å². The first kappa shape index (κ1) is 9.97. The van der Waals surface area contributed by atoms with Gasteiger partial charge in [0.05, 0.1) is 0 Å². The average molecular weight is 201 g/mol. The summed E-state index contributed by atoms with van der Waals surface area (Å²) in [5.74, 6) is 0.235. The maximum absolute atomic E-state index is 11.3. The van der Waals surface area contributed by atoms with Gasteiger partial charge in [-0.25, -0.2) is 0 Å². The summed E-state index contributed by atoms with van der Waals surface area (Å²) in [6.07, 6.45) is 5.55. The molecular formula is C13H15NO. The van der Waals surface area contributed by atoms with Gasteiger partial charge in [-0.1, -0.05) is 29.8 Å². The molecule has 2 rings (SSSR count). The number of nitrogens with zero attached hydrogens (tertiary/aromatic N) is 1. The van der Waals surface area contributed by atoms with E-state index in [-0.39, 0.29) is 5.91 Å². The van der Waals surface area contributed by atoms with Gasteiger partial charge in [0.2, 0.25) is 5.91 Å². The standard InChI is InChI=1S/C13H15NO/c1-11-4-6-12(7-5-11)8-10-14-9-2-3-13(14)15/h4-8,10H,2-3,9H2,1H3/b10-8-. The molecule has 1 saturated heterocycles. The van der Waals surface area contributed by atoms with Crippen LogP contribution >= 0.6 is 0 Å². The number of benzene rings is 1. The lowest BCUT2D eigenvalue weighted by atomic mass is 10.1. The summed E-state index contributed by atoms with van der Waals surface area (Å²) in [6, 6.07) is 8.27. The first-order valence-electron chi connectivity index (χ1n) is 5.30. The lowest BCUT2D eigenvalue weighted by Crippen LogP contribution is -2.16. The minimum absolute atomic E-state index is 0.235. The van der Waals surface area contributed by atoms with E-state index in [1.165, 1.54) is 5.56 Å². The number of hydrogen-bond donors (Lipinski definition) is 0. The van der Waals surface area contributed by atoms with Crippen molar-refractivity contribution in [3.05, 3.63) is 41.6 Å². The van der Waals surface area contributed by atoms with Crippen LogP contribution in [0.5, 0.6) is 0 Å². The van der Waals surface area contributed by atoms with Gasteiger partial charge in [-0.2, -0.15) is 0 Å². The van der Waals surface area contributed by atoms with E-state index >= 15 is 0 Å². The van der Waals surface area contributed by atoms with Crippen LogP contribution < -0.4 is 0 Å². The Morgan fingerprint density at radius 3 is 2.60 bits per heavy atom. The molecule has 1 aliphatic rings. The third-order valence-corrected chi connectivity index (χ3v) is 2.63. The van der Waals surface area contributed by atoms with E-state index in [0.717, 1.165) is 18.5 Å². The summed E-state index contributed by atoms with van der Waals surface area (Å²) >= 11 is 0. The van der Waals surface area contributed by atoms with E-state index in [1.807, 2.05) is 12.3 Å². The molecule has 0 radical (unpaired) electrons. The monoisotopic (exact) mass is 201 g/mol. The van der Waals surface area contributed by atoms with Gasteiger partial charge in [0, 0.05) is 19.2 Å². The van der Waals surface area contributed by atoms with E-state index in [4.69, 9.17) is 0 Å². The van der Waals surface area contributed by atoms with Gasteiger partial charge in [-0.05, 0) is 25.0 Å². The SMILES string of the molecule is Cc1ccc(/C=C\N2CCCC2=O)cc1. The fraction of sp³-hybridized carbons (Fsp3) is 0.308. The van der Waals surface area contributed by atoms with Crippen molar-refractivity contribution in [1.29, 1.82) is 0 Å². The van der Waals surface area contributed by atoms with E-state index in [0.29, 0.717) is 6.42 Å². The predicted molar refractivity (Wildman–Crippen MR) is 61.2 cm³/mol. The molecule has 1 aromatic rings. The summed E-state index contributed by atoms with van der Waals surface area (Å²) in [5, 5.41) is 0. The Labute approximate surface area is 90.2 Å². The van der Waals surface area contributed by atoms with Crippen molar-refractivity contribution in [2.24, 2.45) is 0 Å². The Morgan fingerprint density at radius 2 is 2.00 bits per heavy atom. The van der Waals surface area contributed by atoms with Crippen molar-refractivity contribution in [2.45, 2.75) is 19.8 Å². The fourth-order valence-corrected chi connectivity index (χ4v) is 1.68. The molecule has 1 aromatic carbocycles. The second kappa shape index (κ2) is 4.30. The van der Waals surface area contributed by atoms with Gasteiger partial charge < -0.3 is 4.90 Å². The predicted octanol–water partition coefficient (Wildman–Crippen LogP) is 2.59. The third-order valence-electron chi connectivity index (χ3n) is 2.63. The molecule has 1 heterocycles. The second-order valence-corrected chi connectivity index (χ2v) is 3.92. The van der Waals surface area contributed by atoms with Crippen LogP contribution in [0, 0.1) is 6.92 Å². The van der Waals surface area contributed by atoms with Crippen LogP contribution in [0.1, 0.15) is 24.0 Å². The lowest BCUT2D eigenvalue weighted by molar-refractivity contribution is -0.125. The molecule has 2 heteroatoms. The quantitative estimate of drug-likeness (QED) is 0.720. The van der Waals surface area contributed by atoms with E-state index in [9.17, 15) is 4.79 Å². The molecular weight excluding hydrogens is 186 g/mol. The highest BCUT2D eigenvalue weighted by atomic mass is 16.2. The molecule has 0 aliphatic carbocycles. The van der Waals surface area contributed by atoms with Crippen LogP contribution in [0.25, 0.3) is 6.08 Å². The smallest absolute Gasteiger partial charge is 0.226 e. The fourth-order valence-electron chi connectivity index (χ4n) is 1.68. The summed E-state index contributed by atoms with van der Waals surface area (Å²) in [5.41, 5.74) is 2.39. The van der Waals surface area contributed by atoms with Crippen molar-refractivity contribution in [3.63, 3.8) is 0 Å². The zero-order chi connectivity index (χ0) is 10.7. The number of likely N-dealkylation sites (tertiary alicyclic amines) is 1. The minimum atomic E-state index is 0.235. The molecule has 2 nitrogen and oxygen atoms in total. The maximum atomic E-state index is 11.3. The van der Waals surface area contributed by atoms with Gasteiger partial charge in [-0.3, -0.25) is 4.79 Å². The molecule has 0 aromatic heterocycles. The topological polar surface area (TPSA) is 20.3 Å². The van der Waals surface area contributed by atoms with Gasteiger partial charge in [0.1, 0.15) is 0 Å². The van der Waals surface area contributed by atoms with Gasteiger partial charge in [0.25, 0.3) is 0 Å². The maximum Gasteiger partial charge on any atom is 0.226 e. The van der Waals surface area contributed by atoms with E-state index < -0.39 is 0 Å². The first-order chi connectivity index (χ1) is 7.25. The number of aryl methyl sites for hydroxylation is 1. The van der Waals surface area contributed by atoms with Crippen LogP contribution in [0.4, 0.5) is 0 Å². The van der Waals surface area contributed by atoms with Crippen molar-refractivity contribution in [3.8, 4) is 0 Å². The Morgan fingerprint density at radius 1 is 1.27 bits per heavy atom. The summed E-state index contributed by atoms with van der Waals surface area (Å²) in [4.78, 5) is 13.1. The Kier molecular flexibility index (Phi) is 2.86. The minimum Gasteiger partial charge on any atom is -0.319 e. The number of carbonyl (C=O) groups excluding carboxylic acids is 1. The number of hydrogen-bond acceptors (Lipinski definition) is 1. The van der Waals surface area contributed by atoms with Crippen molar-refractivity contribution in [2.75, 3.05) is 6.54 Å².